The van der Waals surface area contributed by atoms with Crippen molar-refractivity contribution in [2.45, 2.75) is 219 Å². The minimum Gasteiger partial charge on any atom is -0.462 e. The second kappa shape index (κ2) is 55.9. The minimum atomic E-state index is -0.834. The molecule has 0 aliphatic carbocycles. The van der Waals surface area contributed by atoms with Crippen LogP contribution in [0.3, 0.4) is 0 Å². The van der Waals surface area contributed by atoms with Crippen LogP contribution in [0, 0.1) is 0 Å². The van der Waals surface area contributed by atoms with Gasteiger partial charge >= 0.3 is 17.9 Å². The Morgan fingerprint density at radius 1 is 0.304 bits per heavy atom. The molecule has 0 amide bonds. The Balaban J connectivity index is 4.60. The highest BCUT2D eigenvalue weighted by molar-refractivity contribution is 5.71. The van der Waals surface area contributed by atoms with Crippen LogP contribution in [-0.4, -0.2) is 37.2 Å². The molecule has 0 N–H and O–H groups in total. The summed E-state index contributed by atoms with van der Waals surface area (Å²) >= 11 is 0. The van der Waals surface area contributed by atoms with Crippen molar-refractivity contribution in [2.24, 2.45) is 0 Å². The number of esters is 3. The summed E-state index contributed by atoms with van der Waals surface area (Å²) in [7, 11) is 0. The molecule has 0 radical (unpaired) electrons. The van der Waals surface area contributed by atoms with E-state index < -0.39 is 6.10 Å². The van der Waals surface area contributed by atoms with Gasteiger partial charge < -0.3 is 14.2 Å². The summed E-state index contributed by atoms with van der Waals surface area (Å²) in [5.74, 6) is -1.06. The van der Waals surface area contributed by atoms with Crippen LogP contribution in [-0.2, 0) is 28.6 Å². The maximum atomic E-state index is 12.8. The van der Waals surface area contributed by atoms with Crippen molar-refractivity contribution in [1.29, 1.82) is 0 Å². The number of ether oxygens (including phenoxy) is 3. The lowest BCUT2D eigenvalue weighted by molar-refractivity contribution is -0.166. The maximum absolute atomic E-state index is 12.8. The van der Waals surface area contributed by atoms with E-state index in [1.165, 1.54) is 25.7 Å². The molecular weight excluding hydrogens is 853 g/mol. The highest BCUT2D eigenvalue weighted by Crippen LogP contribution is 2.12. The predicted molar refractivity (Wildman–Crippen MR) is 297 cm³/mol. The molecule has 0 spiro atoms. The van der Waals surface area contributed by atoms with Crippen molar-refractivity contribution >= 4 is 17.9 Å². The zero-order valence-electron chi connectivity index (χ0n) is 44.0. The monoisotopic (exact) mass is 951 g/mol. The summed E-state index contributed by atoms with van der Waals surface area (Å²) < 4.78 is 16.7. The second-order valence-electron chi connectivity index (χ2n) is 17.4. The molecule has 386 valence electrons. The molecule has 0 aliphatic heterocycles. The van der Waals surface area contributed by atoms with E-state index in [2.05, 4.69) is 154 Å². The van der Waals surface area contributed by atoms with E-state index in [0.717, 1.165) is 141 Å². The Hall–Kier alpha value is -4.71. The summed E-state index contributed by atoms with van der Waals surface area (Å²) in [6.45, 7) is 6.27. The standard InChI is InChI=1S/C63H98O6/c1-4-7-10-13-16-19-22-25-28-30-31-33-35-38-41-44-47-50-53-56-62(65)68-59-60(58-67-61(64)55-52-49-46-43-40-37-34-27-24-21-18-15-12-9-6-3)69-63(66)57-54-51-48-45-42-39-36-32-29-26-23-20-17-14-11-8-5-2/h7-8,10-11,16-21,25-29,31,33-34,36,38-39,41,47,50,60H,4-6,9,12-15,22-24,30,32,35,37,40,42-46,48-49,51-59H2,1-3H3/b10-7-,11-8-,19-16-,20-17-,21-18-,28-25-,29-26-,33-31-,34-27-,39-36-,41-38-,50-47-/t60-/m0/s1. The van der Waals surface area contributed by atoms with E-state index in [0.29, 0.717) is 12.8 Å². The number of rotatable bonds is 47. The normalized spacial score (nSPS) is 13.3. The second-order valence-corrected chi connectivity index (χ2v) is 17.4. The van der Waals surface area contributed by atoms with Crippen molar-refractivity contribution < 1.29 is 28.6 Å². The van der Waals surface area contributed by atoms with Crippen LogP contribution in [0.4, 0.5) is 0 Å². The number of carbonyl (C=O) groups is 3. The Morgan fingerprint density at radius 3 is 0.971 bits per heavy atom. The van der Waals surface area contributed by atoms with Crippen LogP contribution in [0.2, 0.25) is 0 Å². The van der Waals surface area contributed by atoms with Crippen LogP contribution in [0.15, 0.2) is 146 Å². The lowest BCUT2D eigenvalue weighted by atomic mass is 10.1. The molecule has 0 saturated heterocycles. The number of allylic oxidation sites excluding steroid dienone is 24. The SMILES string of the molecule is CC/C=C\C/C=C\C/C=C\C/C=C\C/C=C\C/C=C\CCC(=O)OC[C@H](COC(=O)CCCCCCC/C=C\C/C=C\CCCCC)OC(=O)CCCCCC/C=C\C/C=C\C/C=C\C/C=C\CC. The molecule has 0 aromatic rings. The Morgan fingerprint density at radius 2 is 0.594 bits per heavy atom. The maximum Gasteiger partial charge on any atom is 0.306 e. The summed E-state index contributed by atoms with van der Waals surface area (Å²) in [6.07, 6.45) is 79.8. The molecular formula is C63H98O6. The van der Waals surface area contributed by atoms with Crippen LogP contribution in [0.25, 0.3) is 0 Å². The van der Waals surface area contributed by atoms with Gasteiger partial charge in [-0.25, -0.2) is 0 Å². The summed E-state index contributed by atoms with van der Waals surface area (Å²) in [4.78, 5) is 38.1. The van der Waals surface area contributed by atoms with Gasteiger partial charge in [-0.15, -0.1) is 0 Å². The fraction of sp³-hybridized carbons (Fsp3) is 0.571. The van der Waals surface area contributed by atoms with Crippen molar-refractivity contribution in [1.82, 2.24) is 0 Å². The first-order chi connectivity index (χ1) is 34.0. The highest BCUT2D eigenvalue weighted by Gasteiger charge is 2.19. The van der Waals surface area contributed by atoms with Crippen LogP contribution < -0.4 is 0 Å². The van der Waals surface area contributed by atoms with E-state index in [1.807, 2.05) is 12.2 Å². The van der Waals surface area contributed by atoms with Gasteiger partial charge in [0.2, 0.25) is 0 Å². The van der Waals surface area contributed by atoms with Crippen LogP contribution in [0.1, 0.15) is 213 Å². The molecule has 0 unspecified atom stereocenters. The predicted octanol–water partition coefficient (Wildman–Crippen LogP) is 18.4. The molecule has 0 aromatic carbocycles. The lowest BCUT2D eigenvalue weighted by Crippen LogP contribution is -2.30. The molecule has 69 heavy (non-hydrogen) atoms. The van der Waals surface area contributed by atoms with Crippen molar-refractivity contribution in [3.8, 4) is 0 Å². The molecule has 0 bridgehead atoms. The van der Waals surface area contributed by atoms with Gasteiger partial charge in [0.05, 0.1) is 0 Å². The third-order valence-electron chi connectivity index (χ3n) is 10.8. The van der Waals surface area contributed by atoms with E-state index in [4.69, 9.17) is 14.2 Å². The quantitative estimate of drug-likeness (QED) is 0.0262. The van der Waals surface area contributed by atoms with Gasteiger partial charge in [0.25, 0.3) is 0 Å². The number of hydrogen-bond donors (Lipinski definition) is 0. The van der Waals surface area contributed by atoms with Crippen molar-refractivity contribution in [2.75, 3.05) is 13.2 Å². The number of carbonyl (C=O) groups excluding carboxylic acids is 3. The van der Waals surface area contributed by atoms with Crippen LogP contribution in [0.5, 0.6) is 0 Å². The first kappa shape index (κ1) is 64.3. The third kappa shape index (κ3) is 54.1. The van der Waals surface area contributed by atoms with Gasteiger partial charge in [0, 0.05) is 19.3 Å². The first-order valence-corrected chi connectivity index (χ1v) is 27.3. The van der Waals surface area contributed by atoms with Gasteiger partial charge in [-0.05, 0) is 128 Å². The molecule has 6 heteroatoms. The molecule has 0 aliphatic rings. The van der Waals surface area contributed by atoms with Crippen molar-refractivity contribution in [3.63, 3.8) is 0 Å². The van der Waals surface area contributed by atoms with E-state index in [-0.39, 0.29) is 44.0 Å². The van der Waals surface area contributed by atoms with Gasteiger partial charge in [-0.2, -0.15) is 0 Å². The van der Waals surface area contributed by atoms with Crippen LogP contribution >= 0.6 is 0 Å². The third-order valence-corrected chi connectivity index (χ3v) is 10.8. The molecule has 1 atom stereocenters. The summed E-state index contributed by atoms with van der Waals surface area (Å²) in [5.41, 5.74) is 0. The molecule has 0 saturated carbocycles. The lowest BCUT2D eigenvalue weighted by Gasteiger charge is -2.18. The molecule has 6 nitrogen and oxygen atoms in total. The smallest absolute Gasteiger partial charge is 0.306 e. The van der Waals surface area contributed by atoms with E-state index in [1.54, 1.807) is 0 Å². The zero-order chi connectivity index (χ0) is 50.0. The zero-order valence-corrected chi connectivity index (χ0v) is 44.0. The van der Waals surface area contributed by atoms with Gasteiger partial charge in [0.1, 0.15) is 13.2 Å². The topological polar surface area (TPSA) is 78.9 Å². The Kier molecular flexibility index (Phi) is 52.1. The molecule has 0 fully saturated rings. The first-order valence-electron chi connectivity index (χ1n) is 27.3. The summed E-state index contributed by atoms with van der Waals surface area (Å²) in [6, 6.07) is 0. The largest absolute Gasteiger partial charge is 0.462 e. The average Bonchev–Trinajstić information content (AvgIpc) is 3.35. The minimum absolute atomic E-state index is 0.125. The fourth-order valence-corrected chi connectivity index (χ4v) is 6.78. The van der Waals surface area contributed by atoms with Gasteiger partial charge in [0.15, 0.2) is 6.10 Å². The number of unbranched alkanes of at least 4 members (excludes halogenated alkanes) is 12. The van der Waals surface area contributed by atoms with Gasteiger partial charge in [-0.1, -0.05) is 212 Å². The number of hydrogen-bond acceptors (Lipinski definition) is 6. The Bertz CT molecular complexity index is 1560. The molecule has 0 heterocycles. The molecule has 0 rings (SSSR count). The highest BCUT2D eigenvalue weighted by atomic mass is 16.6. The fourth-order valence-electron chi connectivity index (χ4n) is 6.78. The van der Waals surface area contributed by atoms with Crippen molar-refractivity contribution in [3.05, 3.63) is 146 Å². The van der Waals surface area contributed by atoms with Gasteiger partial charge in [-0.3, -0.25) is 14.4 Å². The average molecular weight is 951 g/mol. The van der Waals surface area contributed by atoms with E-state index >= 15 is 0 Å². The Labute approximate surface area is 423 Å². The summed E-state index contributed by atoms with van der Waals surface area (Å²) in [5, 5.41) is 0. The van der Waals surface area contributed by atoms with E-state index in [9.17, 15) is 14.4 Å². The molecule has 0 aromatic heterocycles.